The van der Waals surface area contributed by atoms with Crippen LogP contribution in [0.15, 0.2) is 376 Å². The topological polar surface area (TPSA) is 19.7 Å². The van der Waals surface area contributed by atoms with Gasteiger partial charge in [0.25, 0.3) is 0 Å². The lowest BCUT2D eigenvalue weighted by atomic mass is 9.82. The third kappa shape index (κ3) is 9.82. The van der Waals surface area contributed by atoms with Crippen molar-refractivity contribution in [1.82, 2.24) is 18.3 Å². The molecule has 4 nitrogen and oxygen atoms in total. The van der Waals surface area contributed by atoms with Gasteiger partial charge in [-0.15, -0.1) is 0 Å². The van der Waals surface area contributed by atoms with Crippen molar-refractivity contribution < 1.29 is 0 Å². The highest BCUT2D eigenvalue weighted by atomic mass is 15.0. The summed E-state index contributed by atoms with van der Waals surface area (Å²) in [5, 5.41) is 10.1. The first-order valence-electron chi connectivity index (χ1n) is 35.7. The van der Waals surface area contributed by atoms with Crippen LogP contribution in [0.4, 0.5) is 0 Å². The summed E-state index contributed by atoms with van der Waals surface area (Å²) in [5.41, 5.74) is 32.0. The molecule has 20 aromatic rings. The van der Waals surface area contributed by atoms with Crippen LogP contribution in [0, 0.1) is 0 Å². The summed E-state index contributed by atoms with van der Waals surface area (Å²) in [6.07, 6.45) is 0. The monoisotopic (exact) mass is 1310 g/mol. The lowest BCUT2D eigenvalue weighted by molar-refractivity contribution is 0.660. The quantitative estimate of drug-likeness (QED) is 0.137. The van der Waals surface area contributed by atoms with Gasteiger partial charge in [-0.2, -0.15) is 0 Å². The molecule has 1 aliphatic carbocycles. The molecule has 1 aliphatic rings. The molecule has 103 heavy (non-hydrogen) atoms. The van der Waals surface area contributed by atoms with Gasteiger partial charge in [0.2, 0.25) is 0 Å². The normalized spacial score (nSPS) is 12.4. The summed E-state index contributed by atoms with van der Waals surface area (Å²) in [7, 11) is 0. The van der Waals surface area contributed by atoms with Gasteiger partial charge in [0.1, 0.15) is 0 Å². The number of aromatic nitrogens is 4. The van der Waals surface area contributed by atoms with E-state index in [1.165, 1.54) is 176 Å². The maximum Gasteiger partial charge on any atom is 0.0541 e. The van der Waals surface area contributed by atoms with Gasteiger partial charge in [-0.05, 0) is 205 Å². The van der Waals surface area contributed by atoms with Crippen molar-refractivity contribution in [3.05, 3.63) is 387 Å². The van der Waals surface area contributed by atoms with Crippen molar-refractivity contribution >= 4 is 87.2 Å². The maximum atomic E-state index is 2.44. The lowest BCUT2D eigenvalue weighted by Crippen LogP contribution is -2.14. The second kappa shape index (κ2) is 24.0. The molecule has 0 aliphatic heterocycles. The SMILES string of the molecule is CC1(C)c2ccccc2-c2cc(-n3c4ccccc4c4cc(-c5ccc6c(c5)c5ccccc5n6-c5ccccc5)ccc43)ccc21.c1ccc(-c2cccc(-n3c4ccccc4c4cc(-c5ccc6c(c5)c5ccccc5n6-c5cc(-c6ccccc6)cc(-c6ccccc6)c5)ccc43)c2)cc1. The predicted octanol–water partition coefficient (Wildman–Crippen LogP) is 26.4. The Morgan fingerprint density at radius 3 is 0.913 bits per heavy atom. The minimum absolute atomic E-state index is 0.00527. The van der Waals surface area contributed by atoms with Crippen LogP contribution in [0.2, 0.25) is 0 Å². The third-order valence-corrected chi connectivity index (χ3v) is 21.8. The lowest BCUT2D eigenvalue weighted by Gasteiger charge is -2.21. The molecule has 4 heteroatoms. The van der Waals surface area contributed by atoms with E-state index in [9.17, 15) is 0 Å². The highest BCUT2D eigenvalue weighted by Gasteiger charge is 2.35. The molecule has 0 bridgehead atoms. The smallest absolute Gasteiger partial charge is 0.0541 e. The summed E-state index contributed by atoms with van der Waals surface area (Å²) in [6.45, 7) is 4.69. The van der Waals surface area contributed by atoms with Crippen LogP contribution in [-0.4, -0.2) is 18.3 Å². The molecule has 4 heterocycles. The predicted molar refractivity (Wildman–Crippen MR) is 435 cm³/mol. The van der Waals surface area contributed by atoms with Crippen LogP contribution in [0.5, 0.6) is 0 Å². The fourth-order valence-electron chi connectivity index (χ4n) is 16.9. The fourth-order valence-corrected chi connectivity index (χ4v) is 16.9. The van der Waals surface area contributed by atoms with Gasteiger partial charge in [0.05, 0.1) is 44.1 Å². The Morgan fingerprint density at radius 2 is 0.466 bits per heavy atom. The average molecular weight is 1310 g/mol. The zero-order valence-corrected chi connectivity index (χ0v) is 57.1. The van der Waals surface area contributed by atoms with Crippen molar-refractivity contribution in [1.29, 1.82) is 0 Å². The van der Waals surface area contributed by atoms with Crippen LogP contribution in [-0.2, 0) is 5.41 Å². The molecule has 0 saturated heterocycles. The largest absolute Gasteiger partial charge is 0.309 e. The standard InChI is InChI=1S/C54H36N2.C45H32N2/c1-4-15-37(16-5-1)40-21-14-22-45(32-40)55-51-25-12-10-23-47(51)49-35-41(27-29-53(49)55)42-28-30-54-50(36-42)48-24-11-13-26-52(48)56(54)46-33-43(38-17-6-2-7-18-38)31-44(34-46)39-19-8-3-9-20-39;1-45(2)39-17-9-6-14-33(39)36-28-32(22-23-40(36)45)47-42-19-11-8-16-35(42)38-27-30(21-25-44(38)47)29-20-24-43-37(26-29)34-15-7-10-18-41(34)46(43)31-12-4-3-5-13-31/h1-36H;3-28H,1-2H3. The van der Waals surface area contributed by atoms with Gasteiger partial charge in [-0.3, -0.25) is 0 Å². The van der Waals surface area contributed by atoms with Crippen molar-refractivity contribution in [2.45, 2.75) is 19.3 Å². The number of fused-ring (bicyclic) bond motifs is 15. The van der Waals surface area contributed by atoms with E-state index < -0.39 is 0 Å². The van der Waals surface area contributed by atoms with Crippen LogP contribution >= 0.6 is 0 Å². The van der Waals surface area contributed by atoms with Gasteiger partial charge in [0, 0.05) is 71.3 Å². The number of hydrogen-bond acceptors (Lipinski definition) is 0. The zero-order chi connectivity index (χ0) is 68.3. The molecule has 0 N–H and O–H groups in total. The highest BCUT2D eigenvalue weighted by Crippen LogP contribution is 2.50. The second-order valence-electron chi connectivity index (χ2n) is 28.0. The van der Waals surface area contributed by atoms with Gasteiger partial charge in [0.15, 0.2) is 0 Å². The van der Waals surface area contributed by atoms with Crippen molar-refractivity contribution in [2.75, 3.05) is 0 Å². The molecular weight excluding hydrogens is 1250 g/mol. The van der Waals surface area contributed by atoms with Crippen molar-refractivity contribution in [3.8, 4) is 89.5 Å². The Morgan fingerprint density at radius 1 is 0.165 bits per heavy atom. The first kappa shape index (κ1) is 59.7. The second-order valence-corrected chi connectivity index (χ2v) is 28.0. The van der Waals surface area contributed by atoms with Gasteiger partial charge >= 0.3 is 0 Å². The Labute approximate surface area is 597 Å². The molecule has 0 spiro atoms. The van der Waals surface area contributed by atoms with Crippen LogP contribution in [0.25, 0.3) is 177 Å². The average Bonchev–Trinajstić information content (AvgIpc) is 1.58. The molecular formula is C99H68N4. The molecule has 16 aromatic carbocycles. The zero-order valence-electron chi connectivity index (χ0n) is 57.1. The number of benzene rings is 16. The molecule has 484 valence electrons. The van der Waals surface area contributed by atoms with E-state index in [0.29, 0.717) is 0 Å². The number of para-hydroxylation sites is 5. The van der Waals surface area contributed by atoms with Gasteiger partial charge in [-0.1, -0.05) is 263 Å². The fraction of sp³-hybridized carbons (Fsp3) is 0.0303. The van der Waals surface area contributed by atoms with E-state index in [-0.39, 0.29) is 5.41 Å². The first-order chi connectivity index (χ1) is 50.8. The van der Waals surface area contributed by atoms with E-state index in [0.717, 1.165) is 11.4 Å². The minimum atomic E-state index is -0.00527. The summed E-state index contributed by atoms with van der Waals surface area (Å²) >= 11 is 0. The molecule has 0 fully saturated rings. The number of rotatable bonds is 9. The van der Waals surface area contributed by atoms with Crippen LogP contribution in [0.1, 0.15) is 25.0 Å². The van der Waals surface area contributed by atoms with Gasteiger partial charge < -0.3 is 18.3 Å². The van der Waals surface area contributed by atoms with E-state index in [4.69, 9.17) is 0 Å². The Kier molecular flexibility index (Phi) is 13.9. The highest BCUT2D eigenvalue weighted by molar-refractivity contribution is 6.15. The van der Waals surface area contributed by atoms with Crippen LogP contribution in [0.3, 0.4) is 0 Å². The Balaban J connectivity index is 0.000000140. The molecule has 0 unspecified atom stereocenters. The van der Waals surface area contributed by atoms with E-state index in [1.54, 1.807) is 0 Å². The Hall–Kier alpha value is -13.3. The maximum absolute atomic E-state index is 2.44. The molecule has 21 rings (SSSR count). The van der Waals surface area contributed by atoms with Gasteiger partial charge in [-0.25, -0.2) is 0 Å². The van der Waals surface area contributed by atoms with Crippen molar-refractivity contribution in [3.63, 3.8) is 0 Å². The van der Waals surface area contributed by atoms with Crippen LogP contribution < -0.4 is 0 Å². The third-order valence-electron chi connectivity index (χ3n) is 21.8. The van der Waals surface area contributed by atoms with E-state index >= 15 is 0 Å². The summed E-state index contributed by atoms with van der Waals surface area (Å²) < 4.78 is 9.67. The summed E-state index contributed by atoms with van der Waals surface area (Å²) in [5.74, 6) is 0. The minimum Gasteiger partial charge on any atom is -0.309 e. The van der Waals surface area contributed by atoms with Crippen molar-refractivity contribution in [2.24, 2.45) is 0 Å². The van der Waals surface area contributed by atoms with E-state index in [1.807, 2.05) is 0 Å². The molecule has 0 saturated carbocycles. The number of hydrogen-bond donors (Lipinski definition) is 0. The number of nitrogens with zero attached hydrogens (tertiary/aromatic N) is 4. The summed E-state index contributed by atoms with van der Waals surface area (Å²) in [4.78, 5) is 0. The molecule has 0 radical (unpaired) electrons. The molecule has 0 amide bonds. The Bertz CT molecular complexity index is 6680. The summed E-state index contributed by atoms with van der Waals surface area (Å²) in [6, 6.07) is 138. The molecule has 0 atom stereocenters. The molecule has 4 aromatic heterocycles. The van der Waals surface area contributed by atoms with E-state index in [2.05, 4.69) is 408 Å². The first-order valence-corrected chi connectivity index (χ1v) is 35.7.